The van der Waals surface area contributed by atoms with E-state index in [2.05, 4.69) is 48.1 Å². The lowest BCUT2D eigenvalue weighted by atomic mass is 9.85. The van der Waals surface area contributed by atoms with Crippen LogP contribution in [0.3, 0.4) is 0 Å². The Kier molecular flexibility index (Phi) is 10.8. The van der Waals surface area contributed by atoms with Crippen molar-refractivity contribution in [2.45, 2.75) is 88.5 Å². The van der Waals surface area contributed by atoms with Crippen LogP contribution in [-0.4, -0.2) is 29.7 Å². The third-order valence-electron chi connectivity index (χ3n) is 6.04. The smallest absolute Gasteiger partial charge is 0.305 e. The Hall–Kier alpha value is -1.32. The van der Waals surface area contributed by atoms with Crippen molar-refractivity contribution in [1.29, 1.82) is 0 Å². The zero-order chi connectivity index (χ0) is 21.1. The van der Waals surface area contributed by atoms with Crippen LogP contribution in [0, 0.1) is 5.92 Å². The highest BCUT2D eigenvalue weighted by Crippen LogP contribution is 2.44. The lowest BCUT2D eigenvalue weighted by Gasteiger charge is -2.23. The Morgan fingerprint density at radius 2 is 1.93 bits per heavy atom. The number of unbranched alkanes of at least 4 members (excludes halogenated alkanes) is 4. The molecular formula is C25H37ClO3. The van der Waals surface area contributed by atoms with Gasteiger partial charge in [0.15, 0.2) is 0 Å². The van der Waals surface area contributed by atoms with E-state index in [9.17, 15) is 9.90 Å². The van der Waals surface area contributed by atoms with Gasteiger partial charge < -0.3 is 9.84 Å². The van der Waals surface area contributed by atoms with Crippen LogP contribution in [0.25, 0.3) is 0 Å². The number of ether oxygens (including phenoxy) is 1. The van der Waals surface area contributed by atoms with Crippen LogP contribution < -0.4 is 0 Å². The molecule has 1 aliphatic rings. The highest BCUT2D eigenvalue weighted by molar-refractivity contribution is 6.21. The molecule has 0 heterocycles. The van der Waals surface area contributed by atoms with Gasteiger partial charge in [-0.05, 0) is 55.6 Å². The number of carbonyl (C=O) groups is 1. The second-order valence-corrected chi connectivity index (χ2v) is 8.80. The van der Waals surface area contributed by atoms with Crippen molar-refractivity contribution in [3.8, 4) is 0 Å². The molecule has 0 spiro atoms. The molecule has 29 heavy (non-hydrogen) atoms. The van der Waals surface area contributed by atoms with Crippen LogP contribution in [-0.2, 0) is 16.0 Å². The van der Waals surface area contributed by atoms with Gasteiger partial charge >= 0.3 is 5.97 Å². The maximum Gasteiger partial charge on any atom is 0.305 e. The molecule has 1 aromatic rings. The molecule has 1 aromatic carbocycles. The SMILES string of the molecule is CCCCCCc1ccc(C2C(O)CC(Cl)C2C/C=C\CCCC(=O)OC)cc1. The second-order valence-electron chi connectivity index (χ2n) is 8.24. The Bertz CT molecular complexity index is 625. The fraction of sp³-hybridized carbons (Fsp3) is 0.640. The second kappa shape index (κ2) is 13.1. The molecule has 1 fully saturated rings. The molecule has 0 saturated heterocycles. The van der Waals surface area contributed by atoms with Crippen LogP contribution in [0.2, 0.25) is 0 Å². The monoisotopic (exact) mass is 420 g/mol. The van der Waals surface area contributed by atoms with Crippen molar-refractivity contribution < 1.29 is 14.6 Å². The number of methoxy groups -OCH3 is 1. The van der Waals surface area contributed by atoms with E-state index in [-0.39, 0.29) is 29.3 Å². The number of aliphatic hydroxyl groups excluding tert-OH is 1. The lowest BCUT2D eigenvalue weighted by molar-refractivity contribution is -0.140. The van der Waals surface area contributed by atoms with Gasteiger partial charge in [0.05, 0.1) is 13.2 Å². The van der Waals surface area contributed by atoms with E-state index in [4.69, 9.17) is 11.6 Å². The lowest BCUT2D eigenvalue weighted by Crippen LogP contribution is -2.18. The molecule has 2 rings (SSSR count). The van der Waals surface area contributed by atoms with Gasteiger partial charge in [-0.2, -0.15) is 0 Å². The van der Waals surface area contributed by atoms with E-state index in [1.807, 2.05) is 0 Å². The van der Waals surface area contributed by atoms with Gasteiger partial charge in [0, 0.05) is 17.7 Å². The molecule has 4 unspecified atom stereocenters. The number of hydrogen-bond acceptors (Lipinski definition) is 3. The van der Waals surface area contributed by atoms with Crippen LogP contribution >= 0.6 is 11.6 Å². The van der Waals surface area contributed by atoms with Crippen LogP contribution in [0.5, 0.6) is 0 Å². The first kappa shape index (κ1) is 24.0. The maximum absolute atomic E-state index is 11.2. The zero-order valence-corrected chi connectivity index (χ0v) is 18.7. The molecule has 3 nitrogen and oxygen atoms in total. The summed E-state index contributed by atoms with van der Waals surface area (Å²) in [4.78, 5) is 11.2. The van der Waals surface area contributed by atoms with Gasteiger partial charge in [0.1, 0.15) is 0 Å². The van der Waals surface area contributed by atoms with Crippen LogP contribution in [0.1, 0.15) is 81.8 Å². The summed E-state index contributed by atoms with van der Waals surface area (Å²) in [5.41, 5.74) is 2.57. The molecular weight excluding hydrogens is 384 g/mol. The standard InChI is InChI=1S/C25H37ClO3/c1-3-4-5-8-11-19-14-16-20(17-15-19)25-21(22(26)18-23(25)27)12-9-6-7-10-13-24(28)29-2/h6,9,14-17,21-23,25,27H,3-5,7-8,10-13,18H2,1-2H3/b9-6-. The predicted octanol–water partition coefficient (Wildman–Crippen LogP) is 6.17. The number of alkyl halides is 1. The average molecular weight is 421 g/mol. The number of hydrogen-bond donors (Lipinski definition) is 1. The number of aryl methyl sites for hydroxylation is 1. The van der Waals surface area contributed by atoms with Gasteiger partial charge in [0.2, 0.25) is 0 Å². The molecule has 4 heteroatoms. The summed E-state index contributed by atoms with van der Waals surface area (Å²) in [7, 11) is 1.42. The van der Waals surface area contributed by atoms with E-state index in [0.717, 1.165) is 25.7 Å². The molecule has 0 aromatic heterocycles. The minimum atomic E-state index is -0.384. The number of esters is 1. The molecule has 1 aliphatic carbocycles. The summed E-state index contributed by atoms with van der Waals surface area (Å²) < 4.78 is 4.66. The highest BCUT2D eigenvalue weighted by Gasteiger charge is 2.41. The van der Waals surface area contributed by atoms with Crippen molar-refractivity contribution in [3.05, 3.63) is 47.5 Å². The summed E-state index contributed by atoms with van der Waals surface area (Å²) in [5, 5.41) is 10.6. The molecule has 0 bridgehead atoms. The molecule has 0 aliphatic heterocycles. The van der Waals surface area contributed by atoms with Crippen molar-refractivity contribution >= 4 is 17.6 Å². The zero-order valence-electron chi connectivity index (χ0n) is 18.0. The minimum Gasteiger partial charge on any atom is -0.469 e. The van der Waals surface area contributed by atoms with Crippen molar-refractivity contribution in [2.75, 3.05) is 7.11 Å². The van der Waals surface area contributed by atoms with E-state index in [0.29, 0.717) is 12.8 Å². The normalized spacial score (nSPS) is 24.3. The van der Waals surface area contributed by atoms with Crippen molar-refractivity contribution in [2.24, 2.45) is 5.92 Å². The first-order chi connectivity index (χ1) is 14.1. The number of halogens is 1. The summed E-state index contributed by atoms with van der Waals surface area (Å²) in [6.45, 7) is 2.24. The minimum absolute atomic E-state index is 0.0107. The number of rotatable bonds is 12. The van der Waals surface area contributed by atoms with Gasteiger partial charge in [-0.3, -0.25) is 4.79 Å². The molecule has 0 radical (unpaired) electrons. The Morgan fingerprint density at radius 3 is 2.62 bits per heavy atom. The van der Waals surface area contributed by atoms with Gasteiger partial charge in [-0.15, -0.1) is 11.6 Å². The van der Waals surface area contributed by atoms with Gasteiger partial charge in [-0.25, -0.2) is 0 Å². The molecule has 4 atom stereocenters. The fourth-order valence-corrected chi connectivity index (χ4v) is 4.77. The van der Waals surface area contributed by atoms with Crippen molar-refractivity contribution in [1.82, 2.24) is 0 Å². The summed E-state index contributed by atoms with van der Waals surface area (Å²) in [6, 6.07) is 8.81. The Labute approximate surface area is 181 Å². The van der Waals surface area contributed by atoms with Gasteiger partial charge in [0.25, 0.3) is 0 Å². The first-order valence-electron chi connectivity index (χ1n) is 11.2. The topological polar surface area (TPSA) is 46.5 Å². The summed E-state index contributed by atoms with van der Waals surface area (Å²) in [6.07, 6.45) is 13.7. The molecule has 1 N–H and O–H groups in total. The van der Waals surface area contributed by atoms with Gasteiger partial charge in [-0.1, -0.05) is 62.6 Å². The first-order valence-corrected chi connectivity index (χ1v) is 11.6. The maximum atomic E-state index is 11.2. The Balaban J connectivity index is 1.89. The van der Waals surface area contributed by atoms with Crippen LogP contribution in [0.15, 0.2) is 36.4 Å². The average Bonchev–Trinajstić information content (AvgIpc) is 3.01. The third-order valence-corrected chi connectivity index (χ3v) is 6.55. The quantitative estimate of drug-likeness (QED) is 0.190. The number of carbonyl (C=O) groups excluding carboxylic acids is 1. The molecule has 162 valence electrons. The third kappa shape index (κ3) is 7.79. The number of allylic oxidation sites excluding steroid dienone is 2. The Morgan fingerprint density at radius 1 is 1.17 bits per heavy atom. The fourth-order valence-electron chi connectivity index (χ4n) is 4.33. The van der Waals surface area contributed by atoms with Crippen LogP contribution in [0.4, 0.5) is 0 Å². The van der Waals surface area contributed by atoms with E-state index < -0.39 is 0 Å². The van der Waals surface area contributed by atoms with Crippen molar-refractivity contribution in [3.63, 3.8) is 0 Å². The molecule has 1 saturated carbocycles. The summed E-state index contributed by atoms with van der Waals surface area (Å²) >= 11 is 6.59. The number of aliphatic hydroxyl groups is 1. The highest BCUT2D eigenvalue weighted by atomic mass is 35.5. The molecule has 0 amide bonds. The van der Waals surface area contributed by atoms with E-state index >= 15 is 0 Å². The predicted molar refractivity (Wildman–Crippen MR) is 120 cm³/mol. The largest absolute Gasteiger partial charge is 0.469 e. The number of benzene rings is 1. The summed E-state index contributed by atoms with van der Waals surface area (Å²) in [5.74, 6) is 0.164. The van der Waals surface area contributed by atoms with E-state index in [1.54, 1.807) is 0 Å². The van der Waals surface area contributed by atoms with E-state index in [1.165, 1.54) is 43.9 Å².